The molecule has 1 unspecified atom stereocenters. The quantitative estimate of drug-likeness (QED) is 0.604. The molecule has 3 aromatic rings. The van der Waals surface area contributed by atoms with E-state index in [0.717, 1.165) is 51.6 Å². The highest BCUT2D eigenvalue weighted by Crippen LogP contribution is 2.44. The van der Waals surface area contributed by atoms with Crippen LogP contribution in [0.3, 0.4) is 0 Å². The molecule has 160 valence electrons. The molecule has 3 amide bonds. The predicted molar refractivity (Wildman–Crippen MR) is 125 cm³/mol. The van der Waals surface area contributed by atoms with E-state index in [1.54, 1.807) is 0 Å². The van der Waals surface area contributed by atoms with E-state index < -0.39 is 0 Å². The number of imide groups is 1. The molecule has 1 aliphatic heterocycles. The molecule has 1 fully saturated rings. The third-order valence-electron chi connectivity index (χ3n) is 6.02. The number of hydrogen-bond donors (Lipinski definition) is 2. The van der Waals surface area contributed by atoms with Gasteiger partial charge in [-0.1, -0.05) is 84.6 Å². The van der Waals surface area contributed by atoms with Gasteiger partial charge in [0.15, 0.2) is 0 Å². The first kappa shape index (κ1) is 20.5. The van der Waals surface area contributed by atoms with E-state index in [9.17, 15) is 14.4 Å². The number of rotatable bonds is 6. The Kier molecular flexibility index (Phi) is 5.53. The van der Waals surface area contributed by atoms with E-state index in [-0.39, 0.29) is 28.2 Å². The van der Waals surface area contributed by atoms with Gasteiger partial charge in [-0.3, -0.25) is 19.7 Å². The molecule has 2 aliphatic rings. The summed E-state index contributed by atoms with van der Waals surface area (Å²) in [7, 11) is 0. The number of fused-ring (bicyclic) bond motifs is 3. The molecule has 32 heavy (non-hydrogen) atoms. The largest absolute Gasteiger partial charge is 0.355 e. The van der Waals surface area contributed by atoms with Crippen molar-refractivity contribution >= 4 is 28.8 Å². The summed E-state index contributed by atoms with van der Waals surface area (Å²) >= 11 is 1.05. The molecule has 1 saturated heterocycles. The van der Waals surface area contributed by atoms with Crippen molar-refractivity contribution in [3.8, 4) is 11.1 Å². The Bertz CT molecular complexity index is 1160. The SMILES string of the molecule is O=C1NC(=O)C(Cc2ccc(CCNC(=O)C3c4ccccc4-c4ccccc43)cc2)S1. The van der Waals surface area contributed by atoms with Gasteiger partial charge in [0.05, 0.1) is 11.2 Å². The molecule has 3 aromatic carbocycles. The molecule has 5 nitrogen and oxygen atoms in total. The zero-order valence-corrected chi connectivity index (χ0v) is 18.2. The zero-order valence-electron chi connectivity index (χ0n) is 17.3. The maximum absolute atomic E-state index is 13.1. The van der Waals surface area contributed by atoms with Crippen molar-refractivity contribution in [1.82, 2.24) is 10.6 Å². The Morgan fingerprint density at radius 1 is 0.844 bits per heavy atom. The fraction of sp³-hybridized carbons (Fsp3) is 0.192. The van der Waals surface area contributed by atoms with Crippen LogP contribution in [0.4, 0.5) is 4.79 Å². The minimum atomic E-state index is -0.357. The molecule has 1 atom stereocenters. The summed E-state index contributed by atoms with van der Waals surface area (Å²) < 4.78 is 0. The second-order valence-electron chi connectivity index (χ2n) is 8.05. The number of nitrogens with one attached hydrogen (secondary N) is 2. The van der Waals surface area contributed by atoms with Crippen LogP contribution in [-0.2, 0) is 22.4 Å². The number of amides is 3. The molecule has 0 saturated carbocycles. The summed E-state index contributed by atoms with van der Waals surface area (Å²) in [6.07, 6.45) is 1.25. The summed E-state index contributed by atoms with van der Waals surface area (Å²) in [5.74, 6) is -0.475. The fourth-order valence-electron chi connectivity index (χ4n) is 4.45. The topological polar surface area (TPSA) is 75.3 Å². The molecule has 0 aromatic heterocycles. The van der Waals surface area contributed by atoms with E-state index in [1.807, 2.05) is 60.7 Å². The average Bonchev–Trinajstić information content (AvgIpc) is 3.31. The second kappa shape index (κ2) is 8.63. The molecular weight excluding hydrogens is 420 g/mol. The summed E-state index contributed by atoms with van der Waals surface area (Å²) in [6.45, 7) is 0.550. The Morgan fingerprint density at radius 3 is 2.03 bits per heavy atom. The normalized spacial score (nSPS) is 17.1. The molecule has 1 aliphatic carbocycles. The highest BCUT2D eigenvalue weighted by molar-refractivity contribution is 8.15. The summed E-state index contributed by atoms with van der Waals surface area (Å²) in [5, 5.41) is 4.79. The minimum absolute atomic E-state index is 0.0213. The lowest BCUT2D eigenvalue weighted by molar-refractivity contribution is -0.121. The van der Waals surface area contributed by atoms with Gasteiger partial charge in [0.2, 0.25) is 11.8 Å². The van der Waals surface area contributed by atoms with E-state index in [1.165, 1.54) is 0 Å². The van der Waals surface area contributed by atoms with Crippen molar-refractivity contribution in [2.75, 3.05) is 6.54 Å². The Hall–Kier alpha value is -3.38. The van der Waals surface area contributed by atoms with Crippen molar-refractivity contribution in [3.63, 3.8) is 0 Å². The van der Waals surface area contributed by atoms with Crippen LogP contribution in [0.2, 0.25) is 0 Å². The molecule has 0 bridgehead atoms. The van der Waals surface area contributed by atoms with Crippen LogP contribution in [0.25, 0.3) is 11.1 Å². The van der Waals surface area contributed by atoms with Crippen LogP contribution in [0.1, 0.15) is 28.2 Å². The first-order chi connectivity index (χ1) is 15.6. The summed E-state index contributed by atoms with van der Waals surface area (Å²) in [5.41, 5.74) is 6.51. The third kappa shape index (κ3) is 3.94. The standard InChI is InChI=1S/C26H22N2O3S/c29-24-22(32-26(31)28-24)15-17-11-9-16(10-12-17)13-14-27-25(30)23-20-7-3-1-5-18(20)19-6-2-4-8-21(19)23/h1-12,22-23H,13-15H2,(H,27,30)(H,28,29,31). The number of carbonyl (C=O) groups is 3. The first-order valence-electron chi connectivity index (χ1n) is 10.7. The summed E-state index contributed by atoms with van der Waals surface area (Å²) in [4.78, 5) is 36.1. The van der Waals surface area contributed by atoms with Crippen LogP contribution in [-0.4, -0.2) is 28.8 Å². The van der Waals surface area contributed by atoms with Gasteiger partial charge in [0.25, 0.3) is 5.24 Å². The van der Waals surface area contributed by atoms with E-state index in [0.29, 0.717) is 13.0 Å². The number of benzene rings is 3. The van der Waals surface area contributed by atoms with Gasteiger partial charge in [-0.05, 0) is 46.2 Å². The van der Waals surface area contributed by atoms with Crippen molar-refractivity contribution < 1.29 is 14.4 Å². The monoisotopic (exact) mass is 442 g/mol. The van der Waals surface area contributed by atoms with E-state index in [2.05, 4.69) is 22.8 Å². The maximum atomic E-state index is 13.1. The van der Waals surface area contributed by atoms with Gasteiger partial charge in [-0.15, -0.1) is 0 Å². The Labute approximate surface area is 190 Å². The average molecular weight is 443 g/mol. The van der Waals surface area contributed by atoms with Crippen LogP contribution in [0.15, 0.2) is 72.8 Å². The van der Waals surface area contributed by atoms with Gasteiger partial charge >= 0.3 is 0 Å². The van der Waals surface area contributed by atoms with E-state index >= 15 is 0 Å². The molecule has 0 spiro atoms. The van der Waals surface area contributed by atoms with Gasteiger partial charge in [-0.25, -0.2) is 0 Å². The molecule has 1 heterocycles. The van der Waals surface area contributed by atoms with Crippen molar-refractivity contribution in [2.45, 2.75) is 24.0 Å². The van der Waals surface area contributed by atoms with Crippen LogP contribution in [0, 0.1) is 0 Å². The molecule has 0 radical (unpaired) electrons. The van der Waals surface area contributed by atoms with Gasteiger partial charge in [0.1, 0.15) is 0 Å². The van der Waals surface area contributed by atoms with Crippen molar-refractivity contribution in [2.24, 2.45) is 0 Å². The molecular formula is C26H22N2O3S. The van der Waals surface area contributed by atoms with Gasteiger partial charge in [-0.2, -0.15) is 0 Å². The van der Waals surface area contributed by atoms with Crippen molar-refractivity contribution in [1.29, 1.82) is 0 Å². The van der Waals surface area contributed by atoms with Crippen molar-refractivity contribution in [3.05, 3.63) is 95.1 Å². The number of thioether (sulfide) groups is 1. The number of carbonyl (C=O) groups excluding carboxylic acids is 3. The molecule has 5 rings (SSSR count). The minimum Gasteiger partial charge on any atom is -0.355 e. The van der Waals surface area contributed by atoms with Crippen LogP contribution >= 0.6 is 11.8 Å². The highest BCUT2D eigenvalue weighted by Gasteiger charge is 2.33. The molecule has 2 N–H and O–H groups in total. The first-order valence-corrected chi connectivity index (χ1v) is 11.5. The highest BCUT2D eigenvalue weighted by atomic mass is 32.2. The zero-order chi connectivity index (χ0) is 22.1. The molecule has 6 heteroatoms. The lowest BCUT2D eigenvalue weighted by Gasteiger charge is -2.14. The predicted octanol–water partition coefficient (Wildman–Crippen LogP) is 4.05. The Balaban J connectivity index is 1.19. The van der Waals surface area contributed by atoms with Crippen LogP contribution in [0.5, 0.6) is 0 Å². The lowest BCUT2D eigenvalue weighted by Crippen LogP contribution is -2.30. The maximum Gasteiger partial charge on any atom is 0.286 e. The third-order valence-corrected chi connectivity index (χ3v) is 7.00. The Morgan fingerprint density at radius 2 is 1.44 bits per heavy atom. The van der Waals surface area contributed by atoms with Gasteiger partial charge < -0.3 is 5.32 Å². The summed E-state index contributed by atoms with van der Waals surface area (Å²) in [6, 6.07) is 24.2. The lowest BCUT2D eigenvalue weighted by atomic mass is 9.96. The second-order valence-corrected chi connectivity index (χ2v) is 9.23. The number of hydrogen-bond acceptors (Lipinski definition) is 4. The van der Waals surface area contributed by atoms with E-state index in [4.69, 9.17) is 0 Å². The smallest absolute Gasteiger partial charge is 0.286 e. The fourth-order valence-corrected chi connectivity index (χ4v) is 5.31. The van der Waals surface area contributed by atoms with Crippen LogP contribution < -0.4 is 10.6 Å². The van der Waals surface area contributed by atoms with Gasteiger partial charge in [0, 0.05) is 6.54 Å².